The molecule has 80 valence electrons. The van der Waals surface area contributed by atoms with Crippen LogP contribution in [0.4, 0.5) is 0 Å². The maximum atomic E-state index is 5.49. The Labute approximate surface area is 89.7 Å². The molecule has 1 aromatic rings. The summed E-state index contributed by atoms with van der Waals surface area (Å²) in [5.41, 5.74) is 5.76. The predicted octanol–water partition coefficient (Wildman–Crippen LogP) is 2.62. The molecule has 0 aliphatic carbocycles. The molecule has 3 N–H and O–H groups in total. The molecule has 1 unspecified atom stereocenters. The highest BCUT2D eigenvalue weighted by molar-refractivity contribution is 7.07. The standard InChI is InChI=1S/C10H19N3S/c1-2-3-4-5-6-9(13-11)10-7-14-8-12-10/h7-9,13H,2-6,11H2,1H3. The van der Waals surface area contributed by atoms with Gasteiger partial charge < -0.3 is 0 Å². The molecule has 4 heteroatoms. The van der Waals surface area contributed by atoms with Crippen molar-refractivity contribution in [2.75, 3.05) is 0 Å². The quantitative estimate of drug-likeness (QED) is 0.416. The molecule has 0 aliphatic heterocycles. The Morgan fingerprint density at radius 3 is 2.93 bits per heavy atom. The van der Waals surface area contributed by atoms with E-state index in [2.05, 4.69) is 22.7 Å². The molecule has 0 fully saturated rings. The third kappa shape index (κ3) is 3.74. The zero-order valence-corrected chi connectivity index (χ0v) is 9.52. The highest BCUT2D eigenvalue weighted by Gasteiger charge is 2.10. The maximum absolute atomic E-state index is 5.49. The normalized spacial score (nSPS) is 13.0. The summed E-state index contributed by atoms with van der Waals surface area (Å²) in [6.45, 7) is 2.22. The minimum atomic E-state index is 0.234. The summed E-state index contributed by atoms with van der Waals surface area (Å²) >= 11 is 1.62. The fraction of sp³-hybridized carbons (Fsp3) is 0.700. The van der Waals surface area contributed by atoms with E-state index in [0.717, 1.165) is 12.1 Å². The summed E-state index contributed by atoms with van der Waals surface area (Å²) in [5, 5.41) is 2.06. The van der Waals surface area contributed by atoms with Crippen LogP contribution in [0.3, 0.4) is 0 Å². The van der Waals surface area contributed by atoms with Crippen molar-refractivity contribution in [1.29, 1.82) is 0 Å². The Morgan fingerprint density at radius 2 is 2.36 bits per heavy atom. The Morgan fingerprint density at radius 1 is 1.50 bits per heavy atom. The molecular weight excluding hydrogens is 194 g/mol. The van der Waals surface area contributed by atoms with Gasteiger partial charge in [0.2, 0.25) is 0 Å². The minimum absolute atomic E-state index is 0.234. The molecule has 0 saturated carbocycles. The largest absolute Gasteiger partial charge is 0.271 e. The molecule has 3 nitrogen and oxygen atoms in total. The first-order chi connectivity index (χ1) is 6.88. The van der Waals surface area contributed by atoms with E-state index in [-0.39, 0.29) is 6.04 Å². The summed E-state index contributed by atoms with van der Waals surface area (Å²) in [4.78, 5) is 4.26. The molecular formula is C10H19N3S. The second-order valence-electron chi connectivity index (χ2n) is 3.48. The molecule has 1 aromatic heterocycles. The van der Waals surface area contributed by atoms with Gasteiger partial charge in [0, 0.05) is 5.38 Å². The van der Waals surface area contributed by atoms with Crippen molar-refractivity contribution in [3.8, 4) is 0 Å². The van der Waals surface area contributed by atoms with Gasteiger partial charge in [-0.05, 0) is 6.42 Å². The fourth-order valence-electron chi connectivity index (χ4n) is 1.49. The van der Waals surface area contributed by atoms with Crippen molar-refractivity contribution in [2.45, 2.75) is 45.1 Å². The van der Waals surface area contributed by atoms with E-state index in [4.69, 9.17) is 5.84 Å². The Kier molecular flexibility index (Phi) is 5.75. The summed E-state index contributed by atoms with van der Waals surface area (Å²) in [6, 6.07) is 0.234. The second kappa shape index (κ2) is 6.92. The zero-order valence-electron chi connectivity index (χ0n) is 8.70. The number of unbranched alkanes of at least 4 members (excludes halogenated alkanes) is 3. The van der Waals surface area contributed by atoms with E-state index in [0.29, 0.717) is 0 Å². The molecule has 1 heterocycles. The Balaban J connectivity index is 2.26. The number of hydrazine groups is 1. The van der Waals surface area contributed by atoms with Crippen molar-refractivity contribution in [3.63, 3.8) is 0 Å². The predicted molar refractivity (Wildman–Crippen MR) is 60.9 cm³/mol. The number of rotatable bonds is 7. The molecule has 0 aliphatic rings. The summed E-state index contributed by atoms with van der Waals surface area (Å²) in [7, 11) is 0. The van der Waals surface area contributed by atoms with Gasteiger partial charge in [-0.3, -0.25) is 11.3 Å². The van der Waals surface area contributed by atoms with E-state index >= 15 is 0 Å². The van der Waals surface area contributed by atoms with Gasteiger partial charge in [-0.15, -0.1) is 11.3 Å². The van der Waals surface area contributed by atoms with Crippen LogP contribution >= 0.6 is 11.3 Å². The van der Waals surface area contributed by atoms with Crippen molar-refractivity contribution in [2.24, 2.45) is 5.84 Å². The van der Waals surface area contributed by atoms with Crippen LogP contribution in [0.25, 0.3) is 0 Å². The number of nitrogens with one attached hydrogen (secondary N) is 1. The Hall–Kier alpha value is -0.450. The number of hydrogen-bond donors (Lipinski definition) is 2. The van der Waals surface area contributed by atoms with Crippen LogP contribution in [-0.2, 0) is 0 Å². The van der Waals surface area contributed by atoms with Gasteiger partial charge >= 0.3 is 0 Å². The molecule has 0 amide bonds. The topological polar surface area (TPSA) is 50.9 Å². The molecule has 14 heavy (non-hydrogen) atoms. The van der Waals surface area contributed by atoms with Crippen LogP contribution in [0.15, 0.2) is 10.9 Å². The summed E-state index contributed by atoms with van der Waals surface area (Å²) in [5.74, 6) is 5.49. The molecule has 0 bridgehead atoms. The number of nitrogens with two attached hydrogens (primary N) is 1. The smallest absolute Gasteiger partial charge is 0.0795 e. The monoisotopic (exact) mass is 213 g/mol. The van der Waals surface area contributed by atoms with Crippen LogP contribution in [0.5, 0.6) is 0 Å². The SMILES string of the molecule is CCCCCCC(NN)c1cscn1. The van der Waals surface area contributed by atoms with Gasteiger partial charge in [0.1, 0.15) is 0 Å². The highest BCUT2D eigenvalue weighted by Crippen LogP contribution is 2.18. The van der Waals surface area contributed by atoms with Crippen molar-refractivity contribution in [1.82, 2.24) is 10.4 Å². The maximum Gasteiger partial charge on any atom is 0.0795 e. The van der Waals surface area contributed by atoms with Crippen molar-refractivity contribution in [3.05, 3.63) is 16.6 Å². The third-order valence-corrected chi connectivity index (χ3v) is 2.96. The average molecular weight is 213 g/mol. The van der Waals surface area contributed by atoms with Crippen molar-refractivity contribution >= 4 is 11.3 Å². The molecule has 0 radical (unpaired) electrons. The van der Waals surface area contributed by atoms with Gasteiger partial charge in [0.25, 0.3) is 0 Å². The molecule has 0 aromatic carbocycles. The lowest BCUT2D eigenvalue weighted by molar-refractivity contribution is 0.474. The molecule has 0 spiro atoms. The highest BCUT2D eigenvalue weighted by atomic mass is 32.1. The van der Waals surface area contributed by atoms with E-state index in [1.807, 2.05) is 5.51 Å². The van der Waals surface area contributed by atoms with Gasteiger partial charge in [0.15, 0.2) is 0 Å². The molecule has 1 rings (SSSR count). The number of aromatic nitrogens is 1. The van der Waals surface area contributed by atoms with Crippen molar-refractivity contribution < 1.29 is 0 Å². The minimum Gasteiger partial charge on any atom is -0.271 e. The zero-order chi connectivity index (χ0) is 10.2. The van der Waals surface area contributed by atoms with Gasteiger partial charge in [-0.1, -0.05) is 32.6 Å². The van der Waals surface area contributed by atoms with Gasteiger partial charge in [0.05, 0.1) is 17.2 Å². The average Bonchev–Trinajstić information content (AvgIpc) is 2.71. The number of nitrogens with zero attached hydrogens (tertiary/aromatic N) is 1. The van der Waals surface area contributed by atoms with E-state index < -0.39 is 0 Å². The molecule has 1 atom stereocenters. The lowest BCUT2D eigenvalue weighted by Gasteiger charge is -2.12. The first kappa shape index (κ1) is 11.6. The Bertz CT molecular complexity index is 223. The van der Waals surface area contributed by atoms with Crippen LogP contribution in [0, 0.1) is 0 Å². The lowest BCUT2D eigenvalue weighted by Crippen LogP contribution is -2.28. The fourth-order valence-corrected chi connectivity index (χ4v) is 2.09. The first-order valence-corrected chi connectivity index (χ1v) is 6.17. The first-order valence-electron chi connectivity index (χ1n) is 5.22. The van der Waals surface area contributed by atoms with Crippen LogP contribution < -0.4 is 11.3 Å². The summed E-state index contributed by atoms with van der Waals surface area (Å²) < 4.78 is 0. The number of thiazole rings is 1. The van der Waals surface area contributed by atoms with E-state index in [9.17, 15) is 0 Å². The van der Waals surface area contributed by atoms with E-state index in [1.165, 1.54) is 25.7 Å². The summed E-state index contributed by atoms with van der Waals surface area (Å²) in [6.07, 6.45) is 6.19. The second-order valence-corrected chi connectivity index (χ2v) is 4.20. The van der Waals surface area contributed by atoms with E-state index in [1.54, 1.807) is 11.3 Å². The number of hydrogen-bond acceptors (Lipinski definition) is 4. The third-order valence-electron chi connectivity index (χ3n) is 2.36. The molecule has 0 saturated heterocycles. The lowest BCUT2D eigenvalue weighted by atomic mass is 10.1. The van der Waals surface area contributed by atoms with Crippen LogP contribution in [-0.4, -0.2) is 4.98 Å². The van der Waals surface area contributed by atoms with Crippen LogP contribution in [0.2, 0.25) is 0 Å². The van der Waals surface area contributed by atoms with Gasteiger partial charge in [-0.25, -0.2) is 4.98 Å². The van der Waals surface area contributed by atoms with Crippen LogP contribution in [0.1, 0.15) is 50.8 Å². The van der Waals surface area contributed by atoms with Gasteiger partial charge in [-0.2, -0.15) is 0 Å².